The Morgan fingerprint density at radius 1 is 1.24 bits per heavy atom. The fraction of sp³-hybridized carbons (Fsp3) is 0.471. The molecule has 2 aromatic rings. The number of carboxylic acids is 1. The second-order valence-corrected chi connectivity index (χ2v) is 7.18. The lowest BCUT2D eigenvalue weighted by Gasteiger charge is -2.28. The standard InChI is InChI=1S/C17H23NO2S/c1-11(2)9-18(12(3)4)10-14-13-7-5-6-8-15(13)21-16(14)17(19)20/h5-8,11-12H,9-10H2,1-4H3,(H,19,20). The van der Waals surface area contributed by atoms with Crippen LogP contribution in [0.3, 0.4) is 0 Å². The topological polar surface area (TPSA) is 40.5 Å². The van der Waals surface area contributed by atoms with Crippen molar-refractivity contribution in [2.45, 2.75) is 40.3 Å². The second kappa shape index (κ2) is 6.58. The maximum Gasteiger partial charge on any atom is 0.346 e. The molecule has 21 heavy (non-hydrogen) atoms. The highest BCUT2D eigenvalue weighted by atomic mass is 32.1. The van der Waals surface area contributed by atoms with Crippen molar-refractivity contribution in [3.8, 4) is 0 Å². The van der Waals surface area contributed by atoms with Gasteiger partial charge in [-0.1, -0.05) is 32.0 Å². The molecule has 0 bridgehead atoms. The van der Waals surface area contributed by atoms with Gasteiger partial charge in [-0.15, -0.1) is 11.3 Å². The third-order valence-corrected chi connectivity index (χ3v) is 4.78. The number of fused-ring (bicyclic) bond motifs is 1. The lowest BCUT2D eigenvalue weighted by atomic mass is 10.1. The van der Waals surface area contributed by atoms with Gasteiger partial charge in [0.2, 0.25) is 0 Å². The quantitative estimate of drug-likeness (QED) is 0.856. The Hall–Kier alpha value is -1.39. The number of aromatic carboxylic acids is 1. The third kappa shape index (κ3) is 3.63. The van der Waals surface area contributed by atoms with Crippen LogP contribution in [0.2, 0.25) is 0 Å². The highest BCUT2D eigenvalue weighted by Crippen LogP contribution is 2.32. The van der Waals surface area contributed by atoms with Gasteiger partial charge in [0.05, 0.1) is 0 Å². The van der Waals surface area contributed by atoms with Crippen LogP contribution in [0.1, 0.15) is 42.9 Å². The molecule has 0 spiro atoms. The molecule has 1 N–H and O–H groups in total. The fourth-order valence-corrected chi connectivity index (χ4v) is 3.61. The Bertz CT molecular complexity index is 631. The van der Waals surface area contributed by atoms with Gasteiger partial charge in [0.1, 0.15) is 4.88 Å². The lowest BCUT2D eigenvalue weighted by molar-refractivity contribution is 0.0699. The Kier molecular flexibility index (Phi) is 5.01. The SMILES string of the molecule is CC(C)CN(Cc1c(C(=O)O)sc2ccccc12)C(C)C. The summed E-state index contributed by atoms with van der Waals surface area (Å²) in [6, 6.07) is 8.36. The smallest absolute Gasteiger partial charge is 0.346 e. The summed E-state index contributed by atoms with van der Waals surface area (Å²) in [7, 11) is 0. The molecule has 114 valence electrons. The number of hydrogen-bond donors (Lipinski definition) is 1. The number of carbonyl (C=O) groups is 1. The molecular weight excluding hydrogens is 282 g/mol. The summed E-state index contributed by atoms with van der Waals surface area (Å²) in [4.78, 5) is 14.4. The van der Waals surface area contributed by atoms with Crippen LogP contribution in [0.4, 0.5) is 0 Å². The Labute approximate surface area is 130 Å². The monoisotopic (exact) mass is 305 g/mol. The van der Waals surface area contributed by atoms with Gasteiger partial charge in [0.25, 0.3) is 0 Å². The summed E-state index contributed by atoms with van der Waals surface area (Å²) in [6.07, 6.45) is 0. The molecule has 0 aliphatic heterocycles. The van der Waals surface area contributed by atoms with Gasteiger partial charge in [-0.25, -0.2) is 4.79 Å². The number of nitrogens with zero attached hydrogens (tertiary/aromatic N) is 1. The molecule has 0 fully saturated rings. The molecule has 2 rings (SSSR count). The van der Waals surface area contributed by atoms with Crippen molar-refractivity contribution in [1.29, 1.82) is 0 Å². The summed E-state index contributed by atoms with van der Waals surface area (Å²) in [5, 5.41) is 10.6. The van der Waals surface area contributed by atoms with Crippen molar-refractivity contribution in [2.24, 2.45) is 5.92 Å². The van der Waals surface area contributed by atoms with Crippen LogP contribution < -0.4 is 0 Å². The van der Waals surface area contributed by atoms with E-state index in [1.165, 1.54) is 11.3 Å². The second-order valence-electron chi connectivity index (χ2n) is 6.13. The van der Waals surface area contributed by atoms with Gasteiger partial charge in [0, 0.05) is 23.8 Å². The number of rotatable bonds is 6. The molecule has 0 aliphatic rings. The highest BCUT2D eigenvalue weighted by molar-refractivity contribution is 7.21. The summed E-state index contributed by atoms with van der Waals surface area (Å²) >= 11 is 1.38. The first-order chi connectivity index (χ1) is 9.90. The molecule has 0 atom stereocenters. The van der Waals surface area contributed by atoms with Crippen LogP contribution in [-0.2, 0) is 6.54 Å². The summed E-state index contributed by atoms with van der Waals surface area (Å²) in [5.74, 6) is -0.259. The lowest BCUT2D eigenvalue weighted by Crippen LogP contribution is -2.33. The van der Waals surface area contributed by atoms with Crippen molar-refractivity contribution in [3.63, 3.8) is 0 Å². The van der Waals surface area contributed by atoms with Crippen LogP contribution in [0.25, 0.3) is 10.1 Å². The minimum atomic E-state index is -0.820. The minimum Gasteiger partial charge on any atom is -0.477 e. The van der Waals surface area contributed by atoms with E-state index >= 15 is 0 Å². The van der Waals surface area contributed by atoms with Crippen molar-refractivity contribution < 1.29 is 9.90 Å². The molecule has 3 nitrogen and oxygen atoms in total. The first-order valence-corrected chi connectivity index (χ1v) is 8.19. The predicted octanol–water partition coefficient (Wildman–Crippen LogP) is 4.47. The van der Waals surface area contributed by atoms with E-state index in [-0.39, 0.29) is 0 Å². The Morgan fingerprint density at radius 3 is 2.48 bits per heavy atom. The fourth-order valence-electron chi connectivity index (χ4n) is 2.56. The van der Waals surface area contributed by atoms with Crippen LogP contribution in [-0.4, -0.2) is 28.6 Å². The molecule has 1 aromatic heterocycles. The largest absolute Gasteiger partial charge is 0.477 e. The predicted molar refractivity (Wildman–Crippen MR) is 89.2 cm³/mol. The van der Waals surface area contributed by atoms with Gasteiger partial charge in [-0.05, 0) is 36.8 Å². The third-order valence-electron chi connectivity index (χ3n) is 3.58. The maximum absolute atomic E-state index is 11.6. The normalized spacial score (nSPS) is 12.0. The van der Waals surface area contributed by atoms with Gasteiger partial charge in [0.15, 0.2) is 0 Å². The first-order valence-electron chi connectivity index (χ1n) is 7.38. The van der Waals surface area contributed by atoms with Crippen LogP contribution in [0, 0.1) is 5.92 Å². The summed E-state index contributed by atoms with van der Waals surface area (Å²) < 4.78 is 1.05. The van der Waals surface area contributed by atoms with Crippen molar-refractivity contribution in [3.05, 3.63) is 34.7 Å². The molecule has 0 unspecified atom stereocenters. The van der Waals surface area contributed by atoms with Crippen molar-refractivity contribution in [1.82, 2.24) is 4.90 Å². The molecule has 0 saturated carbocycles. The van der Waals surface area contributed by atoms with Gasteiger partial charge >= 0.3 is 5.97 Å². The molecule has 0 aliphatic carbocycles. The van der Waals surface area contributed by atoms with Gasteiger partial charge in [-0.3, -0.25) is 4.90 Å². The van der Waals surface area contributed by atoms with E-state index in [4.69, 9.17) is 0 Å². The number of hydrogen-bond acceptors (Lipinski definition) is 3. The average Bonchev–Trinajstić information content (AvgIpc) is 2.76. The van der Waals surface area contributed by atoms with Gasteiger partial charge < -0.3 is 5.11 Å². The van der Waals surface area contributed by atoms with Gasteiger partial charge in [-0.2, -0.15) is 0 Å². The van der Waals surface area contributed by atoms with E-state index < -0.39 is 5.97 Å². The Balaban J connectivity index is 2.43. The number of thiophene rings is 1. The van der Waals surface area contributed by atoms with E-state index in [0.717, 1.165) is 22.2 Å². The molecular formula is C17H23NO2S. The van der Waals surface area contributed by atoms with Crippen molar-refractivity contribution in [2.75, 3.05) is 6.54 Å². The zero-order chi connectivity index (χ0) is 15.6. The number of carboxylic acid groups (broad SMARTS) is 1. The van der Waals surface area contributed by atoms with E-state index in [1.54, 1.807) is 0 Å². The van der Waals surface area contributed by atoms with Crippen LogP contribution in [0.15, 0.2) is 24.3 Å². The summed E-state index contributed by atoms with van der Waals surface area (Å²) in [6.45, 7) is 10.4. The van der Waals surface area contributed by atoms with E-state index in [9.17, 15) is 9.90 Å². The zero-order valence-corrected chi connectivity index (χ0v) is 13.9. The van der Waals surface area contributed by atoms with E-state index in [0.29, 0.717) is 23.4 Å². The molecule has 1 aromatic carbocycles. The highest BCUT2D eigenvalue weighted by Gasteiger charge is 2.21. The molecule has 0 amide bonds. The maximum atomic E-state index is 11.6. The van der Waals surface area contributed by atoms with E-state index in [1.807, 2.05) is 24.3 Å². The van der Waals surface area contributed by atoms with Crippen LogP contribution in [0.5, 0.6) is 0 Å². The molecule has 4 heteroatoms. The Morgan fingerprint density at radius 2 is 1.90 bits per heavy atom. The zero-order valence-electron chi connectivity index (χ0n) is 13.1. The van der Waals surface area contributed by atoms with Crippen molar-refractivity contribution >= 4 is 27.4 Å². The average molecular weight is 305 g/mol. The molecule has 1 heterocycles. The summed E-state index contributed by atoms with van der Waals surface area (Å²) in [5.41, 5.74) is 0.956. The molecule has 0 saturated heterocycles. The molecule has 0 radical (unpaired) electrons. The number of benzene rings is 1. The minimum absolute atomic E-state index is 0.396. The first kappa shape index (κ1) is 16.0. The van der Waals surface area contributed by atoms with Crippen LogP contribution >= 0.6 is 11.3 Å². The van der Waals surface area contributed by atoms with E-state index in [2.05, 4.69) is 32.6 Å².